The van der Waals surface area contributed by atoms with Crippen molar-refractivity contribution in [1.29, 1.82) is 0 Å². The van der Waals surface area contributed by atoms with Gasteiger partial charge in [-0.3, -0.25) is 9.59 Å². The van der Waals surface area contributed by atoms with Crippen molar-refractivity contribution < 1.29 is 9.59 Å². The molecule has 0 aliphatic rings. The summed E-state index contributed by atoms with van der Waals surface area (Å²) in [7, 11) is 0. The minimum Gasteiger partial charge on any atom is -0.369 e. The smallest absolute Gasteiger partial charge is 0.255 e. The Labute approximate surface area is 127 Å². The number of primary amides is 1. The van der Waals surface area contributed by atoms with Gasteiger partial charge in [0, 0.05) is 16.1 Å². The summed E-state index contributed by atoms with van der Waals surface area (Å²) in [4.78, 5) is 24.4. The highest BCUT2D eigenvalue weighted by atomic mass is 32.2. The number of hydrogen-bond acceptors (Lipinski definition) is 3. The van der Waals surface area contributed by atoms with Gasteiger partial charge in [-0.2, -0.15) is 0 Å². The van der Waals surface area contributed by atoms with Crippen LogP contribution in [0.5, 0.6) is 0 Å². The third kappa shape index (κ3) is 4.10. The van der Waals surface area contributed by atoms with Crippen LogP contribution in [0.15, 0.2) is 53.4 Å². The Kier molecular flexibility index (Phi) is 5.00. The van der Waals surface area contributed by atoms with Crippen molar-refractivity contribution in [3.8, 4) is 0 Å². The van der Waals surface area contributed by atoms with Crippen LogP contribution < -0.4 is 11.1 Å². The summed E-state index contributed by atoms with van der Waals surface area (Å²) >= 11 is 1.62. The molecule has 108 valence electrons. The fourth-order valence-corrected chi connectivity index (χ4v) is 2.33. The third-order valence-electron chi connectivity index (χ3n) is 2.98. The standard InChI is InChI=1S/C16H16N2O2S/c1-21-13-8-6-11(7-9-13)16(20)18-14-5-3-2-4-12(14)10-15(17)19/h2-9H,10H2,1H3,(H2,17,19)(H,18,20). The average molecular weight is 300 g/mol. The first-order valence-electron chi connectivity index (χ1n) is 6.42. The van der Waals surface area contributed by atoms with Crippen LogP contribution in [0.3, 0.4) is 0 Å². The fourth-order valence-electron chi connectivity index (χ4n) is 1.92. The second-order valence-electron chi connectivity index (χ2n) is 4.48. The highest BCUT2D eigenvalue weighted by Gasteiger charge is 2.10. The molecule has 0 heterocycles. The van der Waals surface area contributed by atoms with Crippen LogP contribution in [0.1, 0.15) is 15.9 Å². The van der Waals surface area contributed by atoms with E-state index >= 15 is 0 Å². The van der Waals surface area contributed by atoms with E-state index in [1.807, 2.05) is 18.4 Å². The minimum absolute atomic E-state index is 0.0991. The zero-order chi connectivity index (χ0) is 15.2. The van der Waals surface area contributed by atoms with E-state index in [9.17, 15) is 9.59 Å². The Morgan fingerprint density at radius 3 is 2.38 bits per heavy atom. The van der Waals surface area contributed by atoms with E-state index in [4.69, 9.17) is 5.73 Å². The van der Waals surface area contributed by atoms with Crippen molar-refractivity contribution >= 4 is 29.3 Å². The van der Waals surface area contributed by atoms with Crippen LogP contribution in [0.2, 0.25) is 0 Å². The third-order valence-corrected chi connectivity index (χ3v) is 3.73. The normalized spacial score (nSPS) is 10.1. The second kappa shape index (κ2) is 6.95. The van der Waals surface area contributed by atoms with Crippen LogP contribution in [-0.4, -0.2) is 18.1 Å². The van der Waals surface area contributed by atoms with Crippen molar-refractivity contribution in [2.24, 2.45) is 5.73 Å². The molecule has 2 amide bonds. The highest BCUT2D eigenvalue weighted by molar-refractivity contribution is 7.98. The lowest BCUT2D eigenvalue weighted by molar-refractivity contribution is -0.117. The molecule has 0 aliphatic heterocycles. The van der Waals surface area contributed by atoms with Gasteiger partial charge in [-0.05, 0) is 42.2 Å². The molecule has 21 heavy (non-hydrogen) atoms. The van der Waals surface area contributed by atoms with Gasteiger partial charge in [0.15, 0.2) is 0 Å². The molecule has 0 bridgehead atoms. The summed E-state index contributed by atoms with van der Waals surface area (Å²) in [5, 5.41) is 2.82. The zero-order valence-electron chi connectivity index (χ0n) is 11.6. The molecule has 2 aromatic carbocycles. The Bertz CT molecular complexity index is 654. The van der Waals surface area contributed by atoms with E-state index < -0.39 is 5.91 Å². The Balaban J connectivity index is 2.17. The maximum atomic E-state index is 12.2. The predicted octanol–water partition coefficient (Wildman–Crippen LogP) is 2.69. The summed E-state index contributed by atoms with van der Waals surface area (Å²) < 4.78 is 0. The van der Waals surface area contributed by atoms with Crippen LogP contribution >= 0.6 is 11.8 Å². The number of anilines is 1. The molecular formula is C16H16N2O2S. The molecule has 0 atom stereocenters. The summed E-state index contributed by atoms with van der Waals surface area (Å²) in [6.45, 7) is 0. The first kappa shape index (κ1) is 15.1. The van der Waals surface area contributed by atoms with Crippen molar-refractivity contribution in [1.82, 2.24) is 0 Å². The Hall–Kier alpha value is -2.27. The van der Waals surface area contributed by atoms with Crippen LogP contribution in [-0.2, 0) is 11.2 Å². The molecule has 3 N–H and O–H groups in total. The lowest BCUT2D eigenvalue weighted by Gasteiger charge is -2.10. The van der Waals surface area contributed by atoms with Gasteiger partial charge in [0.25, 0.3) is 5.91 Å². The molecule has 0 unspecified atom stereocenters. The van der Waals surface area contributed by atoms with Crippen LogP contribution in [0.25, 0.3) is 0 Å². The van der Waals surface area contributed by atoms with Gasteiger partial charge in [-0.25, -0.2) is 0 Å². The summed E-state index contributed by atoms with van der Waals surface area (Å²) in [6, 6.07) is 14.5. The summed E-state index contributed by atoms with van der Waals surface area (Å²) in [5.74, 6) is -0.638. The maximum Gasteiger partial charge on any atom is 0.255 e. The SMILES string of the molecule is CSc1ccc(C(=O)Nc2ccccc2CC(N)=O)cc1. The maximum absolute atomic E-state index is 12.2. The molecule has 0 saturated carbocycles. The van der Waals surface area contributed by atoms with E-state index in [1.54, 1.807) is 48.2 Å². The lowest BCUT2D eigenvalue weighted by atomic mass is 10.1. The molecule has 5 heteroatoms. The van der Waals surface area contributed by atoms with E-state index in [1.165, 1.54) is 0 Å². The van der Waals surface area contributed by atoms with Crippen molar-refractivity contribution in [2.75, 3.05) is 11.6 Å². The number of benzene rings is 2. The Morgan fingerprint density at radius 1 is 1.10 bits per heavy atom. The predicted molar refractivity (Wildman–Crippen MR) is 85.5 cm³/mol. The van der Waals surface area contributed by atoms with E-state index in [0.717, 1.165) is 4.90 Å². The summed E-state index contributed by atoms with van der Waals surface area (Å²) in [5.41, 5.74) is 7.10. The molecule has 0 fully saturated rings. The number of amides is 2. The molecule has 0 aliphatic carbocycles. The van der Waals surface area contributed by atoms with Gasteiger partial charge in [0.1, 0.15) is 0 Å². The molecule has 2 aromatic rings. The highest BCUT2D eigenvalue weighted by Crippen LogP contribution is 2.18. The first-order chi connectivity index (χ1) is 10.1. The number of nitrogens with one attached hydrogen (secondary N) is 1. The number of nitrogens with two attached hydrogens (primary N) is 1. The molecule has 0 aromatic heterocycles. The lowest BCUT2D eigenvalue weighted by Crippen LogP contribution is -2.17. The zero-order valence-corrected chi connectivity index (χ0v) is 12.4. The molecule has 0 radical (unpaired) electrons. The van der Waals surface area contributed by atoms with Crippen molar-refractivity contribution in [3.63, 3.8) is 0 Å². The van der Waals surface area contributed by atoms with Crippen LogP contribution in [0, 0.1) is 0 Å². The number of hydrogen-bond donors (Lipinski definition) is 2. The average Bonchev–Trinajstić information content (AvgIpc) is 2.49. The van der Waals surface area contributed by atoms with E-state index in [0.29, 0.717) is 16.8 Å². The van der Waals surface area contributed by atoms with Crippen molar-refractivity contribution in [2.45, 2.75) is 11.3 Å². The number of carbonyl (C=O) groups is 2. The number of para-hydroxylation sites is 1. The molecule has 0 saturated heterocycles. The quantitative estimate of drug-likeness (QED) is 0.834. The van der Waals surface area contributed by atoms with Crippen LogP contribution in [0.4, 0.5) is 5.69 Å². The van der Waals surface area contributed by atoms with Gasteiger partial charge in [0.2, 0.25) is 5.91 Å². The summed E-state index contributed by atoms with van der Waals surface area (Å²) in [6.07, 6.45) is 2.08. The minimum atomic E-state index is -0.430. The number of carbonyl (C=O) groups excluding carboxylic acids is 2. The molecule has 4 nitrogen and oxygen atoms in total. The first-order valence-corrected chi connectivity index (χ1v) is 7.64. The van der Waals surface area contributed by atoms with Gasteiger partial charge in [-0.1, -0.05) is 18.2 Å². The van der Waals surface area contributed by atoms with Gasteiger partial charge < -0.3 is 11.1 Å². The van der Waals surface area contributed by atoms with Gasteiger partial charge in [0.05, 0.1) is 6.42 Å². The van der Waals surface area contributed by atoms with Crippen molar-refractivity contribution in [3.05, 3.63) is 59.7 Å². The number of rotatable bonds is 5. The fraction of sp³-hybridized carbons (Fsp3) is 0.125. The van der Waals surface area contributed by atoms with E-state index in [2.05, 4.69) is 5.32 Å². The molecular weight excluding hydrogens is 284 g/mol. The number of thioether (sulfide) groups is 1. The van der Waals surface area contributed by atoms with Gasteiger partial charge >= 0.3 is 0 Å². The van der Waals surface area contributed by atoms with Gasteiger partial charge in [-0.15, -0.1) is 11.8 Å². The Morgan fingerprint density at radius 2 is 1.76 bits per heavy atom. The largest absolute Gasteiger partial charge is 0.369 e. The molecule has 0 spiro atoms. The second-order valence-corrected chi connectivity index (χ2v) is 5.36. The monoisotopic (exact) mass is 300 g/mol. The topological polar surface area (TPSA) is 72.2 Å². The molecule has 2 rings (SSSR count). The van der Waals surface area contributed by atoms with E-state index in [-0.39, 0.29) is 12.3 Å².